The first-order valence-corrected chi connectivity index (χ1v) is 9.50. The molecular weight excluding hydrogens is 434 g/mol. The van der Waals surface area contributed by atoms with Crippen molar-refractivity contribution in [3.63, 3.8) is 0 Å². The fourth-order valence-electron chi connectivity index (χ4n) is 2.55. The molecule has 6 nitrogen and oxygen atoms in total. The molecule has 3 rings (SSSR count). The van der Waals surface area contributed by atoms with Crippen molar-refractivity contribution in [2.45, 2.75) is 0 Å². The second-order valence-corrected chi connectivity index (χ2v) is 6.81. The van der Waals surface area contributed by atoms with Crippen molar-refractivity contribution in [1.29, 1.82) is 0 Å². The van der Waals surface area contributed by atoms with Gasteiger partial charge in [0.25, 0.3) is 11.8 Å². The van der Waals surface area contributed by atoms with E-state index in [1.165, 1.54) is 6.21 Å². The molecule has 0 spiro atoms. The van der Waals surface area contributed by atoms with E-state index in [1.54, 1.807) is 49.6 Å². The van der Waals surface area contributed by atoms with Gasteiger partial charge in [-0.2, -0.15) is 5.10 Å². The average molecular weight is 452 g/mol. The predicted molar refractivity (Wildman–Crippen MR) is 117 cm³/mol. The fraction of sp³-hybridized carbons (Fsp3) is 0.0455. The number of anilines is 1. The van der Waals surface area contributed by atoms with Gasteiger partial charge in [0.05, 0.1) is 18.9 Å². The van der Waals surface area contributed by atoms with E-state index < -0.39 is 0 Å². The third-order valence-corrected chi connectivity index (χ3v) is 4.72. The number of rotatable bonds is 6. The van der Waals surface area contributed by atoms with E-state index in [-0.39, 0.29) is 11.8 Å². The number of nitrogens with zero attached hydrogens (tertiary/aromatic N) is 1. The molecule has 0 saturated carbocycles. The molecule has 2 N–H and O–H groups in total. The monoisotopic (exact) mass is 451 g/mol. The Morgan fingerprint density at radius 3 is 2.34 bits per heavy atom. The van der Waals surface area contributed by atoms with Crippen LogP contribution >= 0.6 is 15.9 Å². The summed E-state index contributed by atoms with van der Waals surface area (Å²) in [6, 6.07) is 21.0. The molecule has 0 saturated heterocycles. The maximum atomic E-state index is 12.3. The molecule has 0 bridgehead atoms. The maximum Gasteiger partial charge on any atom is 0.271 e. The minimum atomic E-state index is -0.361. The topological polar surface area (TPSA) is 79.8 Å². The normalized spacial score (nSPS) is 10.6. The Balaban J connectivity index is 1.61. The minimum absolute atomic E-state index is 0.240. The van der Waals surface area contributed by atoms with Gasteiger partial charge >= 0.3 is 0 Å². The predicted octanol–water partition coefficient (Wildman–Crippen LogP) is 4.47. The SMILES string of the molecule is COc1ccccc1/C=N\NC(=O)c1ccc(NC(=O)c2ccccc2Br)cc1. The summed E-state index contributed by atoms with van der Waals surface area (Å²) in [5.41, 5.74) is 4.75. The van der Waals surface area contributed by atoms with Crippen LogP contribution in [0, 0.1) is 0 Å². The van der Waals surface area contributed by atoms with Crippen molar-refractivity contribution in [1.82, 2.24) is 5.43 Å². The summed E-state index contributed by atoms with van der Waals surface area (Å²) in [4.78, 5) is 24.6. The lowest BCUT2D eigenvalue weighted by atomic mass is 10.1. The molecule has 0 unspecified atom stereocenters. The largest absolute Gasteiger partial charge is 0.496 e. The quantitative estimate of drug-likeness (QED) is 0.428. The fourth-order valence-corrected chi connectivity index (χ4v) is 3.01. The molecule has 7 heteroatoms. The third kappa shape index (κ3) is 5.30. The Morgan fingerprint density at radius 1 is 0.931 bits per heavy atom. The molecule has 2 amide bonds. The van der Waals surface area contributed by atoms with Crippen molar-refractivity contribution in [2.75, 3.05) is 12.4 Å². The number of hydrazone groups is 1. The van der Waals surface area contributed by atoms with Crippen LogP contribution in [-0.4, -0.2) is 25.1 Å². The highest BCUT2D eigenvalue weighted by Crippen LogP contribution is 2.18. The second kappa shape index (κ2) is 9.66. The highest BCUT2D eigenvalue weighted by atomic mass is 79.9. The van der Waals surface area contributed by atoms with E-state index >= 15 is 0 Å². The average Bonchev–Trinajstić information content (AvgIpc) is 2.74. The molecule has 3 aromatic carbocycles. The van der Waals surface area contributed by atoms with Gasteiger partial charge < -0.3 is 10.1 Å². The standard InChI is InChI=1S/C22H18BrN3O3/c1-29-20-9-5-2-6-16(20)14-24-26-21(27)15-10-12-17(13-11-15)25-22(28)18-7-3-4-8-19(18)23/h2-14H,1H3,(H,25,28)(H,26,27)/b24-14-. The molecule has 3 aromatic rings. The molecule has 0 radical (unpaired) electrons. The number of hydrogen-bond acceptors (Lipinski definition) is 4. The number of nitrogens with one attached hydrogen (secondary N) is 2. The van der Waals surface area contributed by atoms with Crippen LogP contribution < -0.4 is 15.5 Å². The highest BCUT2D eigenvalue weighted by Gasteiger charge is 2.10. The lowest BCUT2D eigenvalue weighted by Gasteiger charge is -2.07. The van der Waals surface area contributed by atoms with E-state index in [0.717, 1.165) is 5.56 Å². The van der Waals surface area contributed by atoms with Crippen LogP contribution in [0.4, 0.5) is 5.69 Å². The van der Waals surface area contributed by atoms with Gasteiger partial charge in [0.1, 0.15) is 5.75 Å². The summed E-state index contributed by atoms with van der Waals surface area (Å²) in [5, 5.41) is 6.77. The molecule has 29 heavy (non-hydrogen) atoms. The minimum Gasteiger partial charge on any atom is -0.496 e. The van der Waals surface area contributed by atoms with E-state index in [9.17, 15) is 9.59 Å². The Morgan fingerprint density at radius 2 is 1.62 bits per heavy atom. The highest BCUT2D eigenvalue weighted by molar-refractivity contribution is 9.10. The van der Waals surface area contributed by atoms with Crippen molar-refractivity contribution < 1.29 is 14.3 Å². The van der Waals surface area contributed by atoms with Gasteiger partial charge in [0.2, 0.25) is 0 Å². The molecule has 0 heterocycles. The number of carbonyl (C=O) groups is 2. The molecular formula is C22H18BrN3O3. The Kier molecular flexibility index (Phi) is 6.76. The van der Waals surface area contributed by atoms with Gasteiger partial charge in [-0.1, -0.05) is 24.3 Å². The zero-order valence-electron chi connectivity index (χ0n) is 15.6. The number of amides is 2. The molecule has 0 aliphatic carbocycles. The van der Waals surface area contributed by atoms with E-state index in [4.69, 9.17) is 4.74 Å². The van der Waals surface area contributed by atoms with E-state index in [2.05, 4.69) is 31.8 Å². The second-order valence-electron chi connectivity index (χ2n) is 5.95. The van der Waals surface area contributed by atoms with Crippen LogP contribution in [0.15, 0.2) is 82.4 Å². The van der Waals surface area contributed by atoms with Crippen LogP contribution in [0.2, 0.25) is 0 Å². The van der Waals surface area contributed by atoms with Crippen LogP contribution in [0.25, 0.3) is 0 Å². The van der Waals surface area contributed by atoms with Gasteiger partial charge in [-0.15, -0.1) is 0 Å². The Hall–Kier alpha value is -3.45. The Labute approximate surface area is 176 Å². The van der Waals surface area contributed by atoms with Gasteiger partial charge in [-0.3, -0.25) is 9.59 Å². The first-order valence-electron chi connectivity index (χ1n) is 8.71. The van der Waals surface area contributed by atoms with Crippen LogP contribution in [0.3, 0.4) is 0 Å². The van der Waals surface area contributed by atoms with E-state index in [0.29, 0.717) is 27.0 Å². The van der Waals surface area contributed by atoms with Crippen molar-refractivity contribution in [3.8, 4) is 5.75 Å². The summed E-state index contributed by atoms with van der Waals surface area (Å²) in [6.45, 7) is 0. The summed E-state index contributed by atoms with van der Waals surface area (Å²) in [6.07, 6.45) is 1.52. The first-order chi connectivity index (χ1) is 14.1. The number of ether oxygens (including phenoxy) is 1. The molecule has 0 fully saturated rings. The number of benzene rings is 3. The summed E-state index contributed by atoms with van der Waals surface area (Å²) < 4.78 is 5.94. The van der Waals surface area contributed by atoms with Gasteiger partial charge in [-0.05, 0) is 64.5 Å². The van der Waals surface area contributed by atoms with Crippen molar-refractivity contribution >= 4 is 39.6 Å². The molecule has 0 aliphatic rings. The maximum absolute atomic E-state index is 12.3. The number of para-hydroxylation sites is 1. The Bertz CT molecular complexity index is 1050. The van der Waals surface area contributed by atoms with Crippen molar-refractivity contribution in [2.24, 2.45) is 5.10 Å². The van der Waals surface area contributed by atoms with Crippen LogP contribution in [0.1, 0.15) is 26.3 Å². The van der Waals surface area contributed by atoms with Gasteiger partial charge in [0.15, 0.2) is 0 Å². The zero-order valence-corrected chi connectivity index (χ0v) is 17.1. The number of carbonyl (C=O) groups excluding carboxylic acids is 2. The first kappa shape index (κ1) is 20.3. The van der Waals surface area contributed by atoms with Crippen molar-refractivity contribution in [3.05, 3.63) is 94.0 Å². The number of hydrogen-bond donors (Lipinski definition) is 2. The third-order valence-electron chi connectivity index (χ3n) is 4.03. The number of methoxy groups -OCH3 is 1. The number of halogens is 1. The summed E-state index contributed by atoms with van der Waals surface area (Å²) in [5.74, 6) is 0.0616. The van der Waals surface area contributed by atoms with Crippen LogP contribution in [-0.2, 0) is 0 Å². The lowest BCUT2D eigenvalue weighted by molar-refractivity contribution is 0.0954. The summed E-state index contributed by atoms with van der Waals surface area (Å²) in [7, 11) is 1.57. The molecule has 146 valence electrons. The smallest absolute Gasteiger partial charge is 0.271 e. The van der Waals surface area contributed by atoms with Gasteiger partial charge in [0, 0.05) is 21.3 Å². The lowest BCUT2D eigenvalue weighted by Crippen LogP contribution is -2.18. The van der Waals surface area contributed by atoms with E-state index in [1.807, 2.05) is 30.3 Å². The zero-order chi connectivity index (χ0) is 20.6. The molecule has 0 atom stereocenters. The molecule has 0 aromatic heterocycles. The van der Waals surface area contributed by atoms with Crippen LogP contribution in [0.5, 0.6) is 5.75 Å². The molecule has 0 aliphatic heterocycles. The summed E-state index contributed by atoms with van der Waals surface area (Å²) >= 11 is 3.36. The van der Waals surface area contributed by atoms with Gasteiger partial charge in [-0.25, -0.2) is 5.43 Å².